The lowest BCUT2D eigenvalue weighted by Gasteiger charge is -2.25. The van der Waals surface area contributed by atoms with Crippen molar-refractivity contribution in [2.45, 2.75) is 38.6 Å². The van der Waals surface area contributed by atoms with Crippen LogP contribution in [0.15, 0.2) is 15.5 Å². The van der Waals surface area contributed by atoms with Crippen molar-refractivity contribution in [1.29, 1.82) is 0 Å². The lowest BCUT2D eigenvalue weighted by atomic mass is 9.85. The van der Waals surface area contributed by atoms with Crippen molar-refractivity contribution >= 4 is 21.6 Å². The Balaban J connectivity index is 2.03. The predicted molar refractivity (Wildman–Crippen MR) is 78.3 cm³/mol. The van der Waals surface area contributed by atoms with E-state index in [1.165, 1.54) is 19.3 Å². The number of rotatable bonds is 7. The second-order valence-electron chi connectivity index (χ2n) is 5.01. The van der Waals surface area contributed by atoms with Crippen LogP contribution in [0.5, 0.6) is 0 Å². The molecule has 0 unspecified atom stereocenters. The molecule has 0 spiro atoms. The van der Waals surface area contributed by atoms with Crippen LogP contribution in [0.3, 0.4) is 0 Å². The monoisotopic (exact) mass is 329 g/mol. The normalized spacial score (nSPS) is 15.3. The van der Waals surface area contributed by atoms with Gasteiger partial charge in [0.15, 0.2) is 0 Å². The number of nitrogens with one attached hydrogen (secondary N) is 1. The third-order valence-electron chi connectivity index (χ3n) is 3.54. The van der Waals surface area contributed by atoms with E-state index in [0.29, 0.717) is 22.6 Å². The van der Waals surface area contributed by atoms with Gasteiger partial charge in [0.25, 0.3) is 5.56 Å². The van der Waals surface area contributed by atoms with E-state index in [9.17, 15) is 4.79 Å². The van der Waals surface area contributed by atoms with E-state index in [2.05, 4.69) is 26.3 Å². The van der Waals surface area contributed by atoms with Crippen LogP contribution in [0.1, 0.15) is 32.1 Å². The van der Waals surface area contributed by atoms with Crippen molar-refractivity contribution in [2.24, 2.45) is 5.92 Å². The Morgan fingerprint density at radius 3 is 2.89 bits per heavy atom. The van der Waals surface area contributed by atoms with Gasteiger partial charge in [0.1, 0.15) is 5.69 Å². The Morgan fingerprint density at radius 1 is 1.47 bits per heavy atom. The molecular formula is C13H20BrN3O2. The summed E-state index contributed by atoms with van der Waals surface area (Å²) in [6.45, 7) is 1.59. The Kier molecular flexibility index (Phi) is 5.39. The van der Waals surface area contributed by atoms with Gasteiger partial charge in [-0.15, -0.1) is 0 Å². The minimum atomic E-state index is -0.0646. The zero-order valence-corrected chi connectivity index (χ0v) is 12.5. The minimum absolute atomic E-state index is 0.0646. The number of hydrogen-bond donors (Lipinski definition) is 2. The molecule has 0 saturated heterocycles. The van der Waals surface area contributed by atoms with Gasteiger partial charge >= 0.3 is 0 Å². The maximum absolute atomic E-state index is 12.3. The molecule has 1 aromatic heterocycles. The summed E-state index contributed by atoms with van der Waals surface area (Å²) < 4.78 is 2.26. The summed E-state index contributed by atoms with van der Waals surface area (Å²) in [6, 6.07) is 0. The molecule has 1 aromatic rings. The van der Waals surface area contributed by atoms with Crippen LogP contribution in [-0.4, -0.2) is 28.0 Å². The number of aliphatic hydroxyl groups is 1. The molecule has 0 atom stereocenters. The van der Waals surface area contributed by atoms with E-state index in [-0.39, 0.29) is 12.2 Å². The largest absolute Gasteiger partial charge is 0.396 e. The van der Waals surface area contributed by atoms with E-state index >= 15 is 0 Å². The molecule has 6 heteroatoms. The van der Waals surface area contributed by atoms with Gasteiger partial charge in [-0.3, -0.25) is 4.79 Å². The van der Waals surface area contributed by atoms with Gasteiger partial charge < -0.3 is 10.4 Å². The summed E-state index contributed by atoms with van der Waals surface area (Å²) in [7, 11) is 0. The lowest BCUT2D eigenvalue weighted by Crippen LogP contribution is -2.31. The molecule has 5 nitrogen and oxygen atoms in total. The van der Waals surface area contributed by atoms with E-state index in [1.807, 2.05) is 0 Å². The van der Waals surface area contributed by atoms with E-state index < -0.39 is 0 Å². The molecule has 1 aliphatic carbocycles. The molecule has 0 radical (unpaired) electrons. The second-order valence-corrected chi connectivity index (χ2v) is 5.86. The lowest BCUT2D eigenvalue weighted by molar-refractivity contribution is 0.262. The number of aromatic nitrogens is 2. The Bertz CT molecular complexity index is 471. The van der Waals surface area contributed by atoms with Crippen LogP contribution in [0.25, 0.3) is 0 Å². The van der Waals surface area contributed by atoms with Crippen molar-refractivity contribution in [3.8, 4) is 0 Å². The molecule has 2 N–H and O–H groups in total. The van der Waals surface area contributed by atoms with Crippen LogP contribution in [0, 0.1) is 5.92 Å². The van der Waals surface area contributed by atoms with Crippen LogP contribution < -0.4 is 10.9 Å². The van der Waals surface area contributed by atoms with Gasteiger partial charge in [0.2, 0.25) is 0 Å². The highest BCUT2D eigenvalue weighted by molar-refractivity contribution is 9.10. The van der Waals surface area contributed by atoms with E-state index in [1.54, 1.807) is 10.9 Å². The number of nitrogens with zero attached hydrogens (tertiary/aromatic N) is 2. The first-order valence-corrected chi connectivity index (χ1v) is 7.62. The first-order chi connectivity index (χ1) is 9.22. The van der Waals surface area contributed by atoms with Gasteiger partial charge in [0, 0.05) is 19.7 Å². The Hall–Kier alpha value is -0.880. The molecule has 1 heterocycles. The van der Waals surface area contributed by atoms with Crippen molar-refractivity contribution < 1.29 is 5.11 Å². The average Bonchev–Trinajstić information content (AvgIpc) is 2.35. The molecule has 0 aliphatic heterocycles. The van der Waals surface area contributed by atoms with Gasteiger partial charge in [-0.1, -0.05) is 6.42 Å². The topological polar surface area (TPSA) is 67.2 Å². The molecule has 1 saturated carbocycles. The summed E-state index contributed by atoms with van der Waals surface area (Å²) >= 11 is 3.36. The minimum Gasteiger partial charge on any atom is -0.396 e. The van der Waals surface area contributed by atoms with Crippen molar-refractivity contribution in [2.75, 3.05) is 18.5 Å². The molecule has 0 bridgehead atoms. The zero-order valence-electron chi connectivity index (χ0n) is 10.9. The smallest absolute Gasteiger partial charge is 0.291 e. The van der Waals surface area contributed by atoms with Crippen molar-refractivity contribution in [3.05, 3.63) is 21.0 Å². The van der Waals surface area contributed by atoms with Crippen LogP contribution in [0.4, 0.5) is 5.69 Å². The fraction of sp³-hybridized carbons (Fsp3) is 0.692. The summed E-state index contributed by atoms with van der Waals surface area (Å²) in [4.78, 5) is 12.3. The van der Waals surface area contributed by atoms with Gasteiger partial charge in [-0.05, 0) is 47.5 Å². The van der Waals surface area contributed by atoms with Crippen LogP contribution in [0.2, 0.25) is 0 Å². The van der Waals surface area contributed by atoms with E-state index in [0.717, 1.165) is 19.4 Å². The summed E-state index contributed by atoms with van der Waals surface area (Å²) in [5, 5.41) is 16.1. The van der Waals surface area contributed by atoms with E-state index in [4.69, 9.17) is 5.11 Å². The van der Waals surface area contributed by atoms with Crippen molar-refractivity contribution in [3.63, 3.8) is 0 Å². The summed E-state index contributed by atoms with van der Waals surface area (Å²) in [5.74, 6) is 0.605. The summed E-state index contributed by atoms with van der Waals surface area (Å²) in [6.07, 6.45) is 6.92. The molecule has 106 valence electrons. The van der Waals surface area contributed by atoms with Gasteiger partial charge in [-0.25, -0.2) is 4.68 Å². The fourth-order valence-electron chi connectivity index (χ4n) is 2.13. The number of aliphatic hydroxyl groups excluding tert-OH is 1. The van der Waals surface area contributed by atoms with Crippen LogP contribution in [-0.2, 0) is 6.54 Å². The SMILES string of the molecule is O=c1c(NCCCCO)c(Br)cnn1CC1CCC1. The maximum Gasteiger partial charge on any atom is 0.291 e. The number of halogens is 1. The molecule has 1 aliphatic rings. The fourth-order valence-corrected chi connectivity index (χ4v) is 2.53. The third kappa shape index (κ3) is 3.79. The van der Waals surface area contributed by atoms with Gasteiger partial charge in [-0.2, -0.15) is 5.10 Å². The predicted octanol–water partition coefficient (Wildman–Crippen LogP) is 1.99. The zero-order chi connectivity index (χ0) is 13.7. The quantitative estimate of drug-likeness (QED) is 0.751. The average molecular weight is 330 g/mol. The molecule has 2 rings (SSSR count). The number of hydrogen-bond acceptors (Lipinski definition) is 4. The number of unbranched alkanes of at least 4 members (excludes halogenated alkanes) is 1. The molecule has 0 aromatic carbocycles. The van der Waals surface area contributed by atoms with Gasteiger partial charge in [0.05, 0.1) is 10.7 Å². The van der Waals surface area contributed by atoms with Crippen LogP contribution >= 0.6 is 15.9 Å². The maximum atomic E-state index is 12.3. The first-order valence-electron chi connectivity index (χ1n) is 6.82. The standard InChI is InChI=1S/C13H20BrN3O2/c14-11-8-16-17(9-10-4-3-5-10)13(19)12(11)15-6-1-2-7-18/h8,10,15,18H,1-7,9H2. The highest BCUT2D eigenvalue weighted by atomic mass is 79.9. The second kappa shape index (κ2) is 7.05. The first kappa shape index (κ1) is 14.5. The highest BCUT2D eigenvalue weighted by Crippen LogP contribution is 2.27. The van der Waals surface area contributed by atoms with Crippen molar-refractivity contribution in [1.82, 2.24) is 9.78 Å². The Morgan fingerprint density at radius 2 is 2.26 bits per heavy atom. The third-order valence-corrected chi connectivity index (χ3v) is 4.14. The molecule has 0 amide bonds. The number of anilines is 1. The molecule has 1 fully saturated rings. The molecule has 19 heavy (non-hydrogen) atoms. The summed E-state index contributed by atoms with van der Waals surface area (Å²) in [5.41, 5.74) is 0.512. The Labute approximate surface area is 121 Å². The highest BCUT2D eigenvalue weighted by Gasteiger charge is 2.20. The molecular weight excluding hydrogens is 310 g/mol.